The van der Waals surface area contributed by atoms with Crippen LogP contribution in [-0.2, 0) is 23.1 Å². The third-order valence-electron chi connectivity index (χ3n) is 3.21. The summed E-state index contributed by atoms with van der Waals surface area (Å²) in [7, 11) is -3.73. The number of sulfonamides is 1. The van der Waals surface area contributed by atoms with E-state index in [0.717, 1.165) is 0 Å². The molecule has 0 saturated heterocycles. The minimum atomic E-state index is -3.73. The lowest BCUT2D eigenvalue weighted by Crippen LogP contribution is -2.23. The van der Waals surface area contributed by atoms with Gasteiger partial charge in [-0.05, 0) is 31.5 Å². The Kier molecular flexibility index (Phi) is 4.62. The van der Waals surface area contributed by atoms with Gasteiger partial charge in [0.1, 0.15) is 5.82 Å². The van der Waals surface area contributed by atoms with Gasteiger partial charge in [-0.3, -0.25) is 0 Å². The highest BCUT2D eigenvalue weighted by molar-refractivity contribution is 7.89. The number of aromatic carboxylic acids is 1. The van der Waals surface area contributed by atoms with Gasteiger partial charge in [0.25, 0.3) is 10.0 Å². The zero-order valence-corrected chi connectivity index (χ0v) is 13.1. The van der Waals surface area contributed by atoms with Crippen molar-refractivity contribution in [2.75, 3.05) is 0 Å². The maximum Gasteiger partial charge on any atom is 0.335 e. The molecule has 7 nitrogen and oxygen atoms in total. The average molecular weight is 323 g/mol. The molecule has 0 bridgehead atoms. The van der Waals surface area contributed by atoms with Crippen molar-refractivity contribution in [3.8, 4) is 0 Å². The van der Waals surface area contributed by atoms with E-state index >= 15 is 0 Å². The van der Waals surface area contributed by atoms with Crippen molar-refractivity contribution in [3.05, 3.63) is 47.4 Å². The Morgan fingerprint density at radius 3 is 2.73 bits per heavy atom. The second-order valence-corrected chi connectivity index (χ2v) is 6.46. The number of nitrogens with one attached hydrogen (secondary N) is 1. The number of aromatic nitrogens is 2. The number of benzene rings is 1. The molecule has 2 rings (SSSR count). The molecule has 0 aliphatic heterocycles. The third kappa shape index (κ3) is 3.52. The highest BCUT2D eigenvalue weighted by Crippen LogP contribution is 2.11. The minimum absolute atomic E-state index is 0.00147. The molecule has 22 heavy (non-hydrogen) atoms. The number of hydrogen-bond donors (Lipinski definition) is 2. The zero-order valence-electron chi connectivity index (χ0n) is 12.3. The Labute approximate surface area is 128 Å². The van der Waals surface area contributed by atoms with Crippen molar-refractivity contribution in [2.24, 2.45) is 0 Å². The van der Waals surface area contributed by atoms with Crippen LogP contribution in [0.2, 0.25) is 0 Å². The number of carboxylic acid groups (broad SMARTS) is 1. The molecule has 1 aromatic carbocycles. The molecule has 0 amide bonds. The topological polar surface area (TPSA) is 101 Å². The van der Waals surface area contributed by atoms with Gasteiger partial charge in [0, 0.05) is 19.3 Å². The van der Waals surface area contributed by atoms with Gasteiger partial charge in [0.05, 0.1) is 5.56 Å². The van der Waals surface area contributed by atoms with E-state index in [1.165, 1.54) is 18.3 Å². The first-order valence-corrected chi connectivity index (χ1v) is 8.17. The summed E-state index contributed by atoms with van der Waals surface area (Å²) in [6, 6.07) is 6.11. The van der Waals surface area contributed by atoms with Crippen LogP contribution in [-0.4, -0.2) is 29.0 Å². The molecule has 0 saturated carbocycles. The van der Waals surface area contributed by atoms with E-state index < -0.39 is 16.0 Å². The summed E-state index contributed by atoms with van der Waals surface area (Å²) in [6.45, 7) is 4.27. The van der Waals surface area contributed by atoms with Gasteiger partial charge in [-0.2, -0.15) is 0 Å². The number of hydrogen-bond acceptors (Lipinski definition) is 4. The second-order valence-electron chi connectivity index (χ2n) is 4.74. The Bertz CT molecular complexity index is 796. The lowest BCUT2D eigenvalue weighted by Gasteiger charge is -2.05. The van der Waals surface area contributed by atoms with Crippen molar-refractivity contribution in [1.82, 2.24) is 14.3 Å². The van der Waals surface area contributed by atoms with Crippen molar-refractivity contribution in [2.45, 2.75) is 32.0 Å². The summed E-state index contributed by atoms with van der Waals surface area (Å²) in [4.78, 5) is 14.9. The largest absolute Gasteiger partial charge is 0.478 e. The van der Waals surface area contributed by atoms with Crippen molar-refractivity contribution in [1.29, 1.82) is 0 Å². The Morgan fingerprint density at radius 1 is 1.41 bits per heavy atom. The van der Waals surface area contributed by atoms with Crippen LogP contribution < -0.4 is 4.72 Å². The maximum atomic E-state index is 12.2. The number of rotatable bonds is 6. The summed E-state index contributed by atoms with van der Waals surface area (Å²) in [5, 5.41) is 8.88. The van der Waals surface area contributed by atoms with E-state index in [4.69, 9.17) is 5.11 Å². The monoisotopic (exact) mass is 323 g/mol. The lowest BCUT2D eigenvalue weighted by atomic mass is 10.1. The fourth-order valence-corrected chi connectivity index (χ4v) is 3.02. The molecule has 0 aliphatic rings. The number of carbonyl (C=O) groups is 1. The summed E-state index contributed by atoms with van der Waals surface area (Å²) in [6.07, 6.45) is 1.48. The van der Waals surface area contributed by atoms with Gasteiger partial charge in [0.15, 0.2) is 5.03 Å². The van der Waals surface area contributed by atoms with Gasteiger partial charge >= 0.3 is 5.97 Å². The molecule has 118 valence electrons. The van der Waals surface area contributed by atoms with E-state index in [2.05, 4.69) is 9.71 Å². The lowest BCUT2D eigenvalue weighted by molar-refractivity contribution is 0.0696. The molecule has 0 spiro atoms. The van der Waals surface area contributed by atoms with Crippen LogP contribution in [0, 0.1) is 6.92 Å². The Morgan fingerprint density at radius 2 is 2.14 bits per heavy atom. The van der Waals surface area contributed by atoms with E-state index in [0.29, 0.717) is 17.9 Å². The second kappa shape index (κ2) is 6.29. The molecular formula is C14H17N3O4S. The highest BCUT2D eigenvalue weighted by Gasteiger charge is 2.18. The van der Waals surface area contributed by atoms with Gasteiger partial charge in [0.2, 0.25) is 0 Å². The third-order valence-corrected chi connectivity index (χ3v) is 4.48. The molecule has 2 N–H and O–H groups in total. The fraction of sp³-hybridized carbons (Fsp3) is 0.286. The van der Waals surface area contributed by atoms with E-state index in [1.54, 1.807) is 23.6 Å². The maximum absolute atomic E-state index is 12.2. The van der Waals surface area contributed by atoms with Gasteiger partial charge in [-0.15, -0.1) is 0 Å². The van der Waals surface area contributed by atoms with Gasteiger partial charge in [-0.1, -0.05) is 12.1 Å². The fourth-order valence-electron chi connectivity index (χ4n) is 2.00. The summed E-state index contributed by atoms with van der Waals surface area (Å²) >= 11 is 0. The Hall–Kier alpha value is -2.19. The molecular weight excluding hydrogens is 306 g/mol. The first kappa shape index (κ1) is 16.2. The van der Waals surface area contributed by atoms with Crippen LogP contribution in [0.3, 0.4) is 0 Å². The molecule has 8 heteroatoms. The first-order valence-electron chi connectivity index (χ1n) is 6.69. The van der Waals surface area contributed by atoms with Crippen molar-refractivity contribution >= 4 is 16.0 Å². The predicted octanol–water partition coefficient (Wildman–Crippen LogP) is 1.39. The van der Waals surface area contributed by atoms with E-state index in [-0.39, 0.29) is 17.1 Å². The van der Waals surface area contributed by atoms with Crippen LogP contribution in [0.15, 0.2) is 35.5 Å². The van der Waals surface area contributed by atoms with Crippen LogP contribution in [0.1, 0.15) is 28.7 Å². The first-order chi connectivity index (χ1) is 10.3. The number of aryl methyl sites for hydroxylation is 2. The SMILES string of the molecule is CCn1cc(S(=O)(=O)NCc2cccc(C(=O)O)c2)nc1C. The van der Waals surface area contributed by atoms with Gasteiger partial charge < -0.3 is 9.67 Å². The standard InChI is InChI=1S/C14H17N3O4S/c1-3-17-9-13(16-10(17)2)22(20,21)15-8-11-5-4-6-12(7-11)14(18)19/h4-7,9,15H,3,8H2,1-2H3,(H,18,19). The Balaban J connectivity index is 2.15. The average Bonchev–Trinajstić information content (AvgIpc) is 2.87. The van der Waals surface area contributed by atoms with Crippen molar-refractivity contribution in [3.63, 3.8) is 0 Å². The summed E-state index contributed by atoms with van der Waals surface area (Å²) in [5.74, 6) is -0.433. The van der Waals surface area contributed by atoms with Crippen LogP contribution >= 0.6 is 0 Å². The van der Waals surface area contributed by atoms with Crippen LogP contribution in [0.4, 0.5) is 0 Å². The number of nitrogens with zero attached hydrogens (tertiary/aromatic N) is 2. The highest BCUT2D eigenvalue weighted by atomic mass is 32.2. The van der Waals surface area contributed by atoms with Crippen LogP contribution in [0.25, 0.3) is 0 Å². The molecule has 1 aromatic heterocycles. The molecule has 1 heterocycles. The molecule has 0 atom stereocenters. The molecule has 2 aromatic rings. The molecule has 0 fully saturated rings. The smallest absolute Gasteiger partial charge is 0.335 e. The predicted molar refractivity (Wildman–Crippen MR) is 80.1 cm³/mol. The molecule has 0 aliphatic carbocycles. The minimum Gasteiger partial charge on any atom is -0.478 e. The van der Waals surface area contributed by atoms with Crippen LogP contribution in [0.5, 0.6) is 0 Å². The zero-order chi connectivity index (χ0) is 16.3. The van der Waals surface area contributed by atoms with E-state index in [1.807, 2.05) is 6.92 Å². The normalized spacial score (nSPS) is 11.5. The van der Waals surface area contributed by atoms with Crippen molar-refractivity contribution < 1.29 is 18.3 Å². The summed E-state index contributed by atoms with van der Waals surface area (Å²) in [5.41, 5.74) is 0.679. The number of imidazole rings is 1. The quantitative estimate of drug-likeness (QED) is 0.836. The molecule has 0 radical (unpaired) electrons. The number of carboxylic acids is 1. The molecule has 0 unspecified atom stereocenters. The van der Waals surface area contributed by atoms with Gasteiger partial charge in [-0.25, -0.2) is 22.9 Å². The van der Waals surface area contributed by atoms with E-state index in [9.17, 15) is 13.2 Å². The summed E-state index contributed by atoms with van der Waals surface area (Å²) < 4.78 is 28.6.